The minimum atomic E-state index is 0.218. The van der Waals surface area contributed by atoms with Gasteiger partial charge in [-0.3, -0.25) is 0 Å². The van der Waals surface area contributed by atoms with Crippen molar-refractivity contribution in [3.8, 4) is 6.07 Å². The summed E-state index contributed by atoms with van der Waals surface area (Å²) in [5.41, 5.74) is 0.875. The van der Waals surface area contributed by atoms with E-state index in [9.17, 15) is 0 Å². The van der Waals surface area contributed by atoms with Crippen LogP contribution in [-0.2, 0) is 6.42 Å². The lowest BCUT2D eigenvalue weighted by molar-refractivity contribution is 0.397. The lowest BCUT2D eigenvalue weighted by Gasteiger charge is -2.26. The smallest absolute Gasteiger partial charge is 0.148 e. The quantitative estimate of drug-likeness (QED) is 0.911. The topological polar surface area (TPSA) is 61.6 Å². The summed E-state index contributed by atoms with van der Waals surface area (Å²) >= 11 is 6.24. The van der Waals surface area contributed by atoms with Crippen molar-refractivity contribution in [3.05, 3.63) is 17.0 Å². The highest BCUT2D eigenvalue weighted by Crippen LogP contribution is 2.28. The predicted molar refractivity (Wildman–Crippen MR) is 71.4 cm³/mol. The zero-order valence-corrected chi connectivity index (χ0v) is 11.2. The van der Waals surface area contributed by atoms with Crippen molar-refractivity contribution >= 4 is 17.4 Å². The van der Waals surface area contributed by atoms with Crippen LogP contribution in [0.25, 0.3) is 0 Å². The van der Waals surface area contributed by atoms with Crippen molar-refractivity contribution in [2.24, 2.45) is 5.92 Å². The molecule has 4 nitrogen and oxygen atoms in total. The Morgan fingerprint density at radius 1 is 1.39 bits per heavy atom. The van der Waals surface area contributed by atoms with Crippen molar-refractivity contribution in [1.29, 1.82) is 5.26 Å². The fourth-order valence-corrected chi connectivity index (χ4v) is 2.60. The summed E-state index contributed by atoms with van der Waals surface area (Å²) < 4.78 is 0. The zero-order valence-electron chi connectivity index (χ0n) is 10.5. The molecule has 0 unspecified atom stereocenters. The molecule has 1 heterocycles. The molecule has 0 aromatic carbocycles. The number of nitriles is 1. The van der Waals surface area contributed by atoms with E-state index in [4.69, 9.17) is 16.9 Å². The van der Waals surface area contributed by atoms with Gasteiger partial charge >= 0.3 is 0 Å². The minimum absolute atomic E-state index is 0.218. The molecule has 0 amide bonds. The first-order valence-corrected chi connectivity index (χ1v) is 6.78. The average Bonchev–Trinajstić information content (AvgIpc) is 2.42. The lowest BCUT2D eigenvalue weighted by atomic mass is 9.87. The number of hydrogen-bond donors (Lipinski definition) is 1. The predicted octanol–water partition coefficient (Wildman–Crippen LogP) is 3.19. The molecule has 1 aromatic heterocycles. The minimum Gasteiger partial charge on any atom is -0.366 e. The fraction of sp³-hybridized carbons (Fsp3) is 0.615. The number of nitrogens with one attached hydrogen (secondary N) is 1. The molecule has 0 aliphatic heterocycles. The molecule has 1 saturated carbocycles. The average molecular weight is 265 g/mol. The van der Waals surface area contributed by atoms with E-state index in [1.165, 1.54) is 0 Å². The standard InChI is InChI=1S/C13H17ClN4/c1-2-11-12(14)13(17-8-16-11)18-10-5-3-9(7-15)4-6-10/h8-10H,2-6H2,1H3,(H,16,17,18). The first-order chi connectivity index (χ1) is 8.74. The third-order valence-corrected chi connectivity index (χ3v) is 3.84. The lowest BCUT2D eigenvalue weighted by Crippen LogP contribution is -2.26. The van der Waals surface area contributed by atoms with Gasteiger partial charge in [-0.2, -0.15) is 5.26 Å². The molecule has 5 heteroatoms. The summed E-state index contributed by atoms with van der Waals surface area (Å²) in [5.74, 6) is 0.944. The van der Waals surface area contributed by atoms with E-state index in [-0.39, 0.29) is 5.92 Å². The maximum absolute atomic E-state index is 8.87. The third kappa shape index (κ3) is 2.91. The van der Waals surface area contributed by atoms with Crippen molar-refractivity contribution in [2.75, 3.05) is 5.32 Å². The van der Waals surface area contributed by atoms with Crippen LogP contribution in [0, 0.1) is 17.2 Å². The maximum Gasteiger partial charge on any atom is 0.148 e. The third-order valence-electron chi connectivity index (χ3n) is 3.45. The Morgan fingerprint density at radius 2 is 2.11 bits per heavy atom. The van der Waals surface area contributed by atoms with E-state index >= 15 is 0 Å². The molecular formula is C13H17ClN4. The van der Waals surface area contributed by atoms with Crippen LogP contribution >= 0.6 is 11.6 Å². The van der Waals surface area contributed by atoms with Crippen LogP contribution in [0.5, 0.6) is 0 Å². The van der Waals surface area contributed by atoms with E-state index < -0.39 is 0 Å². The Balaban J connectivity index is 2.00. The van der Waals surface area contributed by atoms with Crippen LogP contribution in [0.15, 0.2) is 6.33 Å². The second-order valence-corrected chi connectivity index (χ2v) is 5.04. The molecule has 0 bridgehead atoms. The Kier molecular flexibility index (Phi) is 4.38. The second kappa shape index (κ2) is 6.01. The van der Waals surface area contributed by atoms with E-state index in [0.717, 1.165) is 43.6 Å². The molecule has 1 N–H and O–H groups in total. The molecule has 0 spiro atoms. The molecule has 0 radical (unpaired) electrons. The fourth-order valence-electron chi connectivity index (χ4n) is 2.31. The molecule has 0 saturated heterocycles. The zero-order chi connectivity index (χ0) is 13.0. The first kappa shape index (κ1) is 13.1. The largest absolute Gasteiger partial charge is 0.366 e. The number of anilines is 1. The Bertz CT molecular complexity index is 447. The molecular weight excluding hydrogens is 248 g/mol. The molecule has 1 aliphatic carbocycles. The van der Waals surface area contributed by atoms with Gasteiger partial charge < -0.3 is 5.32 Å². The van der Waals surface area contributed by atoms with E-state index in [1.54, 1.807) is 6.33 Å². The molecule has 18 heavy (non-hydrogen) atoms. The molecule has 1 aromatic rings. The Morgan fingerprint density at radius 3 is 2.72 bits per heavy atom. The van der Waals surface area contributed by atoms with Crippen molar-refractivity contribution in [3.63, 3.8) is 0 Å². The van der Waals surface area contributed by atoms with Crippen LogP contribution in [0.3, 0.4) is 0 Å². The maximum atomic E-state index is 8.87. The molecule has 96 valence electrons. The molecule has 2 rings (SSSR count). The van der Waals surface area contributed by atoms with Gasteiger partial charge in [-0.05, 0) is 32.1 Å². The Labute approximate surface area is 112 Å². The summed E-state index contributed by atoms with van der Waals surface area (Å²) in [7, 11) is 0. The van der Waals surface area contributed by atoms with E-state index in [1.807, 2.05) is 6.92 Å². The highest BCUT2D eigenvalue weighted by Gasteiger charge is 2.21. The van der Waals surface area contributed by atoms with Crippen molar-refractivity contribution in [1.82, 2.24) is 9.97 Å². The van der Waals surface area contributed by atoms with Crippen LogP contribution < -0.4 is 5.32 Å². The van der Waals surface area contributed by atoms with Gasteiger partial charge in [0.1, 0.15) is 17.2 Å². The van der Waals surface area contributed by atoms with Gasteiger partial charge in [-0.1, -0.05) is 18.5 Å². The SMILES string of the molecule is CCc1ncnc(NC2CCC(C#N)CC2)c1Cl. The normalized spacial score (nSPS) is 23.4. The van der Waals surface area contributed by atoms with Crippen LogP contribution in [0.2, 0.25) is 5.02 Å². The molecule has 0 atom stereocenters. The van der Waals surface area contributed by atoms with Gasteiger partial charge in [0.05, 0.1) is 11.8 Å². The number of aryl methyl sites for hydroxylation is 1. The number of nitrogens with zero attached hydrogens (tertiary/aromatic N) is 3. The summed E-state index contributed by atoms with van der Waals surface area (Å²) in [6.07, 6.45) is 6.26. The van der Waals surface area contributed by atoms with Gasteiger partial charge in [-0.25, -0.2) is 9.97 Å². The molecule has 1 aliphatic rings. The van der Waals surface area contributed by atoms with Gasteiger partial charge in [-0.15, -0.1) is 0 Å². The highest BCUT2D eigenvalue weighted by molar-refractivity contribution is 6.33. The van der Waals surface area contributed by atoms with Crippen LogP contribution in [-0.4, -0.2) is 16.0 Å². The molecule has 1 fully saturated rings. The number of aromatic nitrogens is 2. The monoisotopic (exact) mass is 264 g/mol. The number of halogens is 1. The van der Waals surface area contributed by atoms with Crippen molar-refractivity contribution < 1.29 is 0 Å². The van der Waals surface area contributed by atoms with Crippen LogP contribution in [0.1, 0.15) is 38.3 Å². The summed E-state index contributed by atoms with van der Waals surface area (Å²) in [6, 6.07) is 2.71. The first-order valence-electron chi connectivity index (χ1n) is 6.40. The summed E-state index contributed by atoms with van der Waals surface area (Å²) in [4.78, 5) is 8.35. The highest BCUT2D eigenvalue weighted by atomic mass is 35.5. The van der Waals surface area contributed by atoms with Gasteiger partial charge in [0.15, 0.2) is 0 Å². The van der Waals surface area contributed by atoms with E-state index in [2.05, 4.69) is 21.4 Å². The Hall–Kier alpha value is -1.34. The van der Waals surface area contributed by atoms with Crippen LogP contribution in [0.4, 0.5) is 5.82 Å². The van der Waals surface area contributed by atoms with Gasteiger partial charge in [0, 0.05) is 12.0 Å². The summed E-state index contributed by atoms with van der Waals surface area (Å²) in [5, 5.41) is 12.9. The van der Waals surface area contributed by atoms with Gasteiger partial charge in [0.2, 0.25) is 0 Å². The second-order valence-electron chi connectivity index (χ2n) is 4.66. The number of rotatable bonds is 3. The van der Waals surface area contributed by atoms with Crippen molar-refractivity contribution in [2.45, 2.75) is 45.1 Å². The number of hydrogen-bond acceptors (Lipinski definition) is 4. The summed E-state index contributed by atoms with van der Waals surface area (Å²) in [6.45, 7) is 2.02. The van der Waals surface area contributed by atoms with Gasteiger partial charge in [0.25, 0.3) is 0 Å². The van der Waals surface area contributed by atoms with E-state index in [0.29, 0.717) is 11.1 Å².